The van der Waals surface area contributed by atoms with Gasteiger partial charge in [0.05, 0.1) is 6.57 Å². The summed E-state index contributed by atoms with van der Waals surface area (Å²) >= 11 is 5.68. The predicted molar refractivity (Wildman–Crippen MR) is 99.9 cm³/mol. The first-order chi connectivity index (χ1) is 12.0. The maximum atomic E-state index is 13.3. The first-order valence-corrected chi connectivity index (χ1v) is 8.58. The van der Waals surface area contributed by atoms with Crippen molar-refractivity contribution in [3.8, 4) is 0 Å². The number of aryl methyl sites for hydroxylation is 2. The lowest BCUT2D eigenvalue weighted by Gasteiger charge is -2.41. The summed E-state index contributed by atoms with van der Waals surface area (Å²) in [6.07, 6.45) is 2.54. The fraction of sp³-hybridized carbons (Fsp3) is 0.333. The van der Waals surface area contributed by atoms with E-state index < -0.39 is 5.54 Å². The molecule has 1 aliphatic heterocycles. The monoisotopic (exact) mass is 351 g/mol. The van der Waals surface area contributed by atoms with E-state index >= 15 is 0 Å². The lowest BCUT2D eigenvalue weighted by Crippen LogP contribution is -2.55. The summed E-state index contributed by atoms with van der Waals surface area (Å²) in [6.45, 7) is 11.0. The van der Waals surface area contributed by atoms with E-state index in [9.17, 15) is 4.79 Å². The van der Waals surface area contributed by atoms with Crippen LogP contribution >= 0.6 is 12.2 Å². The van der Waals surface area contributed by atoms with Crippen molar-refractivity contribution in [3.63, 3.8) is 0 Å². The smallest absolute Gasteiger partial charge is 0.259 e. The molecule has 0 unspecified atom stereocenters. The number of nitrogens with one attached hydrogen (secondary N) is 1. The van der Waals surface area contributed by atoms with E-state index in [0.717, 1.165) is 30.5 Å². The molecule has 2 aromatic rings. The van der Waals surface area contributed by atoms with Crippen molar-refractivity contribution < 1.29 is 4.79 Å². The number of hydrogen-bond acceptors (Lipinski definition) is 3. The number of thiocarbonyl (C=S) groups is 1. The molecule has 2 aliphatic rings. The van der Waals surface area contributed by atoms with Gasteiger partial charge in [-0.25, -0.2) is 4.85 Å². The Morgan fingerprint density at radius 1 is 1.32 bits per heavy atom. The molecule has 1 aliphatic carbocycles. The number of carbonyl (C=O) groups is 1. The molecular weight excluding hydrogens is 334 g/mol. The number of hydrogen-bond donors (Lipinski definition) is 1. The number of carbonyl (C=O) groups excluding carboxylic acids is 1. The van der Waals surface area contributed by atoms with Gasteiger partial charge in [0.2, 0.25) is 0 Å². The molecule has 4 rings (SSSR count). The second-order valence-corrected chi connectivity index (χ2v) is 7.00. The largest absolute Gasteiger partial charge is 0.286 e. The zero-order chi connectivity index (χ0) is 17.8. The normalized spacial score (nSPS) is 18.6. The number of nitrogens with zero attached hydrogens (tertiary/aromatic N) is 4. The van der Waals surface area contributed by atoms with Gasteiger partial charge in [-0.05, 0) is 63.0 Å². The number of rotatable bonds is 2. The summed E-state index contributed by atoms with van der Waals surface area (Å²) in [4.78, 5) is 20.3. The summed E-state index contributed by atoms with van der Waals surface area (Å²) in [6, 6.07) is 7.29. The zero-order valence-corrected chi connectivity index (χ0v) is 14.9. The maximum Gasteiger partial charge on any atom is 0.259 e. The standard InChI is InChI=1S/C18H17N5OS/c1-11-9-13(5-6-14(11)19-3)22-16(24)18(7-4-8-18)23(17(22)25)15-10-12(2)20-21-15/h5-6,9-10H,4,7-8H2,1-2H3,(H,20,21). The second kappa shape index (κ2) is 5.39. The molecule has 1 N–H and O–H groups in total. The van der Waals surface area contributed by atoms with Gasteiger partial charge in [0, 0.05) is 17.4 Å². The number of anilines is 2. The first kappa shape index (κ1) is 15.8. The van der Waals surface area contributed by atoms with Gasteiger partial charge in [-0.2, -0.15) is 5.10 Å². The van der Waals surface area contributed by atoms with Crippen molar-refractivity contribution >= 4 is 40.4 Å². The van der Waals surface area contributed by atoms with Crippen LogP contribution in [0, 0.1) is 20.4 Å². The Hall–Kier alpha value is -2.72. The molecular formula is C18H17N5OS. The van der Waals surface area contributed by atoms with Crippen LogP contribution in [0.5, 0.6) is 0 Å². The molecule has 0 bridgehead atoms. The second-order valence-electron chi connectivity index (χ2n) is 6.64. The average Bonchev–Trinajstić information content (AvgIpc) is 3.05. The van der Waals surface area contributed by atoms with Crippen molar-refractivity contribution in [1.29, 1.82) is 0 Å². The molecule has 1 aromatic heterocycles. The van der Waals surface area contributed by atoms with Crippen molar-refractivity contribution in [1.82, 2.24) is 10.2 Å². The van der Waals surface area contributed by atoms with Gasteiger partial charge in [0.15, 0.2) is 16.6 Å². The van der Waals surface area contributed by atoms with Gasteiger partial charge in [-0.1, -0.05) is 6.07 Å². The number of amides is 1. The Morgan fingerprint density at radius 3 is 2.60 bits per heavy atom. The highest BCUT2D eigenvalue weighted by atomic mass is 32.1. The Labute approximate surface area is 151 Å². The minimum absolute atomic E-state index is 0.000588. The molecule has 2 heterocycles. The number of H-pyrrole nitrogens is 1. The van der Waals surface area contributed by atoms with Crippen LogP contribution < -0.4 is 9.80 Å². The van der Waals surface area contributed by atoms with Crippen molar-refractivity contribution in [3.05, 3.63) is 46.9 Å². The van der Waals surface area contributed by atoms with Crippen LogP contribution in [0.15, 0.2) is 24.3 Å². The summed E-state index contributed by atoms with van der Waals surface area (Å²) < 4.78 is 0. The zero-order valence-electron chi connectivity index (χ0n) is 14.0. The van der Waals surface area contributed by atoms with Gasteiger partial charge in [-0.3, -0.25) is 19.7 Å². The summed E-state index contributed by atoms with van der Waals surface area (Å²) in [5.41, 5.74) is 2.43. The van der Waals surface area contributed by atoms with E-state index in [4.69, 9.17) is 18.8 Å². The van der Waals surface area contributed by atoms with E-state index in [0.29, 0.717) is 22.3 Å². The van der Waals surface area contributed by atoms with Gasteiger partial charge in [0.25, 0.3) is 5.91 Å². The third-order valence-electron chi connectivity index (χ3n) is 5.07. The van der Waals surface area contributed by atoms with Crippen LogP contribution in [0.3, 0.4) is 0 Å². The van der Waals surface area contributed by atoms with Crippen LogP contribution in [0.1, 0.15) is 30.5 Å². The minimum atomic E-state index is -0.620. The van der Waals surface area contributed by atoms with E-state index in [1.54, 1.807) is 17.0 Å². The Balaban J connectivity index is 1.80. The quantitative estimate of drug-likeness (QED) is 0.663. The maximum absolute atomic E-state index is 13.3. The lowest BCUT2D eigenvalue weighted by molar-refractivity contribution is -0.123. The molecule has 2 fully saturated rings. The molecule has 1 saturated heterocycles. The number of aromatic nitrogens is 2. The van der Waals surface area contributed by atoms with Crippen molar-refractivity contribution in [2.75, 3.05) is 9.80 Å². The Bertz CT molecular complexity index is 937. The van der Waals surface area contributed by atoms with Gasteiger partial charge < -0.3 is 0 Å². The number of aromatic amines is 1. The minimum Gasteiger partial charge on any atom is -0.286 e. The molecule has 6 nitrogen and oxygen atoms in total. The molecule has 126 valence electrons. The SMILES string of the molecule is [C-]#[N+]c1ccc(N2C(=O)C3(CCC3)N(c3cc(C)[nH]n3)C2=S)cc1C. The van der Waals surface area contributed by atoms with Crippen LogP contribution in [0.4, 0.5) is 17.2 Å². The van der Waals surface area contributed by atoms with E-state index in [-0.39, 0.29) is 5.91 Å². The fourth-order valence-corrected chi connectivity index (χ4v) is 4.05. The molecule has 25 heavy (non-hydrogen) atoms. The van der Waals surface area contributed by atoms with Crippen molar-refractivity contribution in [2.45, 2.75) is 38.6 Å². The highest BCUT2D eigenvalue weighted by Gasteiger charge is 2.60. The number of benzene rings is 1. The molecule has 0 radical (unpaired) electrons. The molecule has 0 atom stereocenters. The van der Waals surface area contributed by atoms with Gasteiger partial charge >= 0.3 is 0 Å². The van der Waals surface area contributed by atoms with Crippen LogP contribution in [0.2, 0.25) is 0 Å². The Morgan fingerprint density at radius 2 is 2.08 bits per heavy atom. The third kappa shape index (κ3) is 2.11. The first-order valence-electron chi connectivity index (χ1n) is 8.17. The topological polar surface area (TPSA) is 56.6 Å². The summed E-state index contributed by atoms with van der Waals surface area (Å²) in [7, 11) is 0. The van der Waals surface area contributed by atoms with Crippen LogP contribution in [-0.4, -0.2) is 26.8 Å². The molecule has 7 heteroatoms. The van der Waals surface area contributed by atoms with Crippen LogP contribution in [0.25, 0.3) is 4.85 Å². The third-order valence-corrected chi connectivity index (χ3v) is 5.44. The van der Waals surface area contributed by atoms with Gasteiger partial charge in [0.1, 0.15) is 5.54 Å². The molecule has 1 amide bonds. The molecule has 1 saturated carbocycles. The van der Waals surface area contributed by atoms with E-state index in [1.807, 2.05) is 30.9 Å². The fourth-order valence-electron chi connectivity index (χ4n) is 3.59. The highest BCUT2D eigenvalue weighted by Crippen LogP contribution is 2.47. The summed E-state index contributed by atoms with van der Waals surface area (Å²) in [5.74, 6) is 0.687. The van der Waals surface area contributed by atoms with E-state index in [1.165, 1.54) is 0 Å². The van der Waals surface area contributed by atoms with Crippen molar-refractivity contribution in [2.24, 2.45) is 0 Å². The Kier molecular flexibility index (Phi) is 3.41. The summed E-state index contributed by atoms with van der Waals surface area (Å²) in [5, 5.41) is 7.71. The average molecular weight is 351 g/mol. The lowest BCUT2D eigenvalue weighted by atomic mass is 9.75. The predicted octanol–water partition coefficient (Wildman–Crippen LogP) is 3.64. The van der Waals surface area contributed by atoms with Gasteiger partial charge in [-0.15, -0.1) is 0 Å². The highest BCUT2D eigenvalue weighted by molar-refractivity contribution is 7.81. The molecule has 1 aromatic carbocycles. The van der Waals surface area contributed by atoms with E-state index in [2.05, 4.69) is 15.0 Å². The van der Waals surface area contributed by atoms with Crippen LogP contribution in [-0.2, 0) is 4.79 Å². The molecule has 1 spiro atoms.